The van der Waals surface area contributed by atoms with E-state index < -0.39 is 11.5 Å². The van der Waals surface area contributed by atoms with Gasteiger partial charge >= 0.3 is 0 Å². The predicted octanol–water partition coefficient (Wildman–Crippen LogP) is 2.58. The van der Waals surface area contributed by atoms with Crippen LogP contribution in [0.15, 0.2) is 54.6 Å². The zero-order valence-electron chi connectivity index (χ0n) is 12.8. The number of amides is 1. The van der Waals surface area contributed by atoms with Crippen LogP contribution in [0, 0.1) is 5.82 Å². The van der Waals surface area contributed by atoms with E-state index in [1.54, 1.807) is 12.1 Å². The summed E-state index contributed by atoms with van der Waals surface area (Å²) in [5.74, 6) is -0.389. The predicted molar refractivity (Wildman–Crippen MR) is 86.5 cm³/mol. The number of hydrogen-bond acceptors (Lipinski definition) is 2. The molecule has 0 aromatic heterocycles. The average Bonchev–Trinajstić information content (AvgIpc) is 3.36. The van der Waals surface area contributed by atoms with Crippen molar-refractivity contribution in [2.24, 2.45) is 0 Å². The molecule has 0 saturated heterocycles. The lowest BCUT2D eigenvalue weighted by Gasteiger charge is -2.18. The number of rotatable bonds is 6. The topological polar surface area (TPSA) is 49.3 Å². The molecule has 3 nitrogen and oxygen atoms in total. The Bertz CT molecular complexity index is 666. The lowest BCUT2D eigenvalue weighted by atomic mass is 9.95. The third kappa shape index (κ3) is 3.59. The van der Waals surface area contributed by atoms with Crippen LogP contribution in [-0.2, 0) is 16.6 Å². The molecule has 3 rings (SSSR count). The third-order valence-corrected chi connectivity index (χ3v) is 4.39. The van der Waals surface area contributed by atoms with Crippen molar-refractivity contribution in [1.29, 1.82) is 0 Å². The fraction of sp³-hybridized carbons (Fsp3) is 0.316. The van der Waals surface area contributed by atoms with Crippen molar-refractivity contribution in [1.82, 2.24) is 5.32 Å². The Morgan fingerprint density at radius 3 is 2.39 bits per heavy atom. The van der Waals surface area contributed by atoms with E-state index in [1.807, 2.05) is 30.3 Å². The van der Waals surface area contributed by atoms with Crippen LogP contribution in [0.5, 0.6) is 0 Å². The number of nitrogens with one attached hydrogen (secondary N) is 1. The van der Waals surface area contributed by atoms with Gasteiger partial charge in [-0.1, -0.05) is 42.5 Å². The van der Waals surface area contributed by atoms with E-state index >= 15 is 0 Å². The van der Waals surface area contributed by atoms with Crippen LogP contribution in [0.3, 0.4) is 0 Å². The second kappa shape index (κ2) is 6.50. The number of halogens is 1. The highest BCUT2D eigenvalue weighted by Crippen LogP contribution is 2.48. The molecule has 1 saturated carbocycles. The van der Waals surface area contributed by atoms with Gasteiger partial charge in [0.2, 0.25) is 5.91 Å². The van der Waals surface area contributed by atoms with Gasteiger partial charge in [0.25, 0.3) is 0 Å². The molecule has 1 amide bonds. The van der Waals surface area contributed by atoms with Crippen LogP contribution < -0.4 is 5.32 Å². The fourth-order valence-corrected chi connectivity index (χ4v) is 2.88. The standard InChI is InChI=1S/C19H20FNO2/c20-16-8-6-15(7-9-16)19(10-11-19)18(23)21-13-17(22)12-14-4-2-1-3-5-14/h1-9,17,22H,10-13H2,(H,21,23). The highest BCUT2D eigenvalue weighted by atomic mass is 19.1. The molecule has 0 radical (unpaired) electrons. The van der Waals surface area contributed by atoms with Gasteiger partial charge in [-0.25, -0.2) is 4.39 Å². The second-order valence-electron chi connectivity index (χ2n) is 6.14. The summed E-state index contributed by atoms with van der Waals surface area (Å²) >= 11 is 0. The van der Waals surface area contributed by atoms with E-state index in [2.05, 4.69) is 5.32 Å². The average molecular weight is 313 g/mol. The summed E-state index contributed by atoms with van der Waals surface area (Å²) in [4.78, 5) is 12.5. The van der Waals surface area contributed by atoms with Gasteiger partial charge in [-0.05, 0) is 36.1 Å². The molecule has 1 aliphatic rings. The van der Waals surface area contributed by atoms with E-state index in [-0.39, 0.29) is 18.3 Å². The smallest absolute Gasteiger partial charge is 0.230 e. The normalized spacial score (nSPS) is 16.6. The molecule has 120 valence electrons. The number of carbonyl (C=O) groups excluding carboxylic acids is 1. The molecule has 0 spiro atoms. The minimum absolute atomic E-state index is 0.0868. The van der Waals surface area contributed by atoms with Crippen LogP contribution in [0.1, 0.15) is 24.0 Å². The maximum atomic E-state index is 13.0. The zero-order valence-corrected chi connectivity index (χ0v) is 12.8. The maximum absolute atomic E-state index is 13.0. The molecule has 4 heteroatoms. The van der Waals surface area contributed by atoms with Gasteiger partial charge in [0.1, 0.15) is 5.82 Å². The molecule has 2 aromatic rings. The Hall–Kier alpha value is -2.20. The first-order valence-corrected chi connectivity index (χ1v) is 7.86. The van der Waals surface area contributed by atoms with Crippen LogP contribution in [0.25, 0.3) is 0 Å². The van der Waals surface area contributed by atoms with Gasteiger partial charge < -0.3 is 10.4 Å². The number of hydrogen-bond donors (Lipinski definition) is 2. The summed E-state index contributed by atoms with van der Waals surface area (Å²) in [6, 6.07) is 15.8. The zero-order chi connectivity index (χ0) is 16.3. The highest BCUT2D eigenvalue weighted by molar-refractivity contribution is 5.91. The van der Waals surface area contributed by atoms with Gasteiger partial charge in [0, 0.05) is 13.0 Å². The summed E-state index contributed by atoms with van der Waals surface area (Å²) in [6.45, 7) is 0.219. The van der Waals surface area contributed by atoms with Crippen molar-refractivity contribution in [3.8, 4) is 0 Å². The maximum Gasteiger partial charge on any atom is 0.230 e. The minimum atomic E-state index is -0.620. The molecular weight excluding hydrogens is 293 g/mol. The molecule has 23 heavy (non-hydrogen) atoms. The summed E-state index contributed by atoms with van der Waals surface area (Å²) < 4.78 is 13.0. The van der Waals surface area contributed by atoms with Gasteiger partial charge in [0.15, 0.2) is 0 Å². The van der Waals surface area contributed by atoms with Crippen molar-refractivity contribution >= 4 is 5.91 Å². The number of benzene rings is 2. The molecule has 1 aliphatic carbocycles. The van der Waals surface area contributed by atoms with E-state index in [1.165, 1.54) is 12.1 Å². The molecule has 2 N–H and O–H groups in total. The monoisotopic (exact) mass is 313 g/mol. The van der Waals surface area contributed by atoms with Crippen molar-refractivity contribution in [3.63, 3.8) is 0 Å². The molecule has 1 atom stereocenters. The Labute approximate surface area is 135 Å². The summed E-state index contributed by atoms with van der Waals surface area (Å²) in [5, 5.41) is 12.9. The van der Waals surface area contributed by atoms with Gasteiger partial charge in [-0.15, -0.1) is 0 Å². The molecule has 0 bridgehead atoms. The lowest BCUT2D eigenvalue weighted by molar-refractivity contribution is -0.124. The van der Waals surface area contributed by atoms with Crippen LogP contribution in [0.2, 0.25) is 0 Å². The molecule has 1 fully saturated rings. The van der Waals surface area contributed by atoms with Crippen molar-refractivity contribution in [2.45, 2.75) is 30.8 Å². The summed E-state index contributed by atoms with van der Waals surface area (Å²) in [5.41, 5.74) is 1.34. The largest absolute Gasteiger partial charge is 0.391 e. The summed E-state index contributed by atoms with van der Waals surface area (Å²) in [7, 11) is 0. The van der Waals surface area contributed by atoms with Gasteiger partial charge in [-0.2, -0.15) is 0 Å². The number of carbonyl (C=O) groups is 1. The number of aliphatic hydroxyl groups excluding tert-OH is 1. The Morgan fingerprint density at radius 1 is 1.13 bits per heavy atom. The third-order valence-electron chi connectivity index (χ3n) is 4.39. The van der Waals surface area contributed by atoms with E-state index in [0.717, 1.165) is 24.0 Å². The summed E-state index contributed by atoms with van der Waals surface area (Å²) in [6.07, 6.45) is 1.41. The Kier molecular flexibility index (Phi) is 4.44. The van der Waals surface area contributed by atoms with Crippen LogP contribution in [0.4, 0.5) is 4.39 Å². The van der Waals surface area contributed by atoms with Crippen LogP contribution >= 0.6 is 0 Å². The Balaban J connectivity index is 1.56. The van der Waals surface area contributed by atoms with Gasteiger partial charge in [0.05, 0.1) is 11.5 Å². The molecular formula is C19H20FNO2. The molecule has 0 aliphatic heterocycles. The van der Waals surface area contributed by atoms with Crippen molar-refractivity contribution < 1.29 is 14.3 Å². The molecule has 1 unspecified atom stereocenters. The van der Waals surface area contributed by atoms with Crippen molar-refractivity contribution in [3.05, 3.63) is 71.5 Å². The SMILES string of the molecule is O=C(NCC(O)Cc1ccccc1)C1(c2ccc(F)cc2)CC1. The highest BCUT2D eigenvalue weighted by Gasteiger charge is 2.51. The van der Waals surface area contributed by atoms with E-state index in [4.69, 9.17) is 0 Å². The first-order valence-electron chi connectivity index (χ1n) is 7.86. The van der Waals surface area contributed by atoms with Crippen molar-refractivity contribution in [2.75, 3.05) is 6.54 Å². The first kappa shape index (κ1) is 15.7. The lowest BCUT2D eigenvalue weighted by Crippen LogP contribution is -2.39. The minimum Gasteiger partial charge on any atom is -0.391 e. The molecule has 0 heterocycles. The number of aliphatic hydroxyl groups is 1. The second-order valence-corrected chi connectivity index (χ2v) is 6.14. The van der Waals surface area contributed by atoms with Gasteiger partial charge in [-0.3, -0.25) is 4.79 Å². The van der Waals surface area contributed by atoms with E-state index in [9.17, 15) is 14.3 Å². The fourth-order valence-electron chi connectivity index (χ4n) is 2.88. The Morgan fingerprint density at radius 2 is 1.78 bits per heavy atom. The van der Waals surface area contributed by atoms with Crippen LogP contribution in [-0.4, -0.2) is 23.7 Å². The first-order chi connectivity index (χ1) is 11.1. The van der Waals surface area contributed by atoms with E-state index in [0.29, 0.717) is 6.42 Å². The molecule has 2 aromatic carbocycles. The quantitative estimate of drug-likeness (QED) is 0.861.